The van der Waals surface area contributed by atoms with Crippen LogP contribution in [0.4, 0.5) is 5.95 Å². The molecule has 0 aliphatic carbocycles. The minimum Gasteiger partial charge on any atom is -0.388 e. The average molecular weight is 279 g/mol. The number of nitrogens with zero attached hydrogens (tertiary/aromatic N) is 3. The highest BCUT2D eigenvalue weighted by atomic mass is 32.1. The van der Waals surface area contributed by atoms with Gasteiger partial charge >= 0.3 is 0 Å². The van der Waals surface area contributed by atoms with E-state index in [1.807, 2.05) is 6.20 Å². The van der Waals surface area contributed by atoms with Crippen LogP contribution in [0.2, 0.25) is 0 Å². The molecule has 0 atom stereocenters. The van der Waals surface area contributed by atoms with Gasteiger partial charge in [0.1, 0.15) is 15.7 Å². The lowest BCUT2D eigenvalue weighted by Crippen LogP contribution is -2.13. The Kier molecular flexibility index (Phi) is 4.16. The third-order valence-corrected chi connectivity index (χ3v) is 3.61. The van der Waals surface area contributed by atoms with Gasteiger partial charge in [0.25, 0.3) is 0 Å². The van der Waals surface area contributed by atoms with Crippen LogP contribution in [0.15, 0.2) is 18.5 Å². The zero-order valence-electron chi connectivity index (χ0n) is 9.88. The number of aryl methyl sites for hydroxylation is 1. The molecule has 0 aromatic carbocycles. The van der Waals surface area contributed by atoms with Crippen molar-refractivity contribution in [3.63, 3.8) is 0 Å². The Morgan fingerprint density at radius 1 is 1.50 bits per heavy atom. The molecule has 7 heteroatoms. The predicted octanol–water partition coefficient (Wildman–Crippen LogP) is 1.74. The van der Waals surface area contributed by atoms with Crippen LogP contribution < -0.4 is 11.1 Å². The number of aromatic nitrogens is 3. The summed E-state index contributed by atoms with van der Waals surface area (Å²) in [5.74, 6) is 0.508. The van der Waals surface area contributed by atoms with Gasteiger partial charge in [0, 0.05) is 17.3 Å². The highest BCUT2D eigenvalue weighted by Crippen LogP contribution is 2.14. The second-order valence-corrected chi connectivity index (χ2v) is 5.20. The standard InChI is InChI=1S/C11H13N5S2/c1-2-7-5-14-9(18-7)6-15-11-13-4-3-8(16-11)10(12)17/h3-5H,2,6H2,1H3,(H2,12,17)(H,13,15,16). The number of thiocarbonyl (C=S) groups is 1. The second kappa shape index (κ2) is 5.83. The lowest BCUT2D eigenvalue weighted by molar-refractivity contribution is 1.03. The molecular weight excluding hydrogens is 266 g/mol. The molecular formula is C11H13N5S2. The normalized spacial score (nSPS) is 10.3. The van der Waals surface area contributed by atoms with E-state index in [0.717, 1.165) is 11.4 Å². The molecule has 2 aromatic rings. The molecule has 0 amide bonds. The highest BCUT2D eigenvalue weighted by molar-refractivity contribution is 7.80. The molecule has 5 nitrogen and oxygen atoms in total. The fourth-order valence-corrected chi connectivity index (χ4v) is 2.24. The first-order valence-corrected chi connectivity index (χ1v) is 6.72. The number of nitrogens with one attached hydrogen (secondary N) is 1. The maximum absolute atomic E-state index is 5.51. The molecule has 0 fully saturated rings. The molecule has 2 aromatic heterocycles. The molecule has 0 saturated heterocycles. The van der Waals surface area contributed by atoms with Crippen molar-refractivity contribution in [2.75, 3.05) is 5.32 Å². The van der Waals surface area contributed by atoms with Crippen LogP contribution in [-0.2, 0) is 13.0 Å². The lowest BCUT2D eigenvalue weighted by Gasteiger charge is -2.03. The molecule has 3 N–H and O–H groups in total. The van der Waals surface area contributed by atoms with Crippen LogP contribution in [0.5, 0.6) is 0 Å². The Balaban J connectivity index is 2.01. The van der Waals surface area contributed by atoms with Crippen LogP contribution in [0.3, 0.4) is 0 Å². The smallest absolute Gasteiger partial charge is 0.223 e. The summed E-state index contributed by atoms with van der Waals surface area (Å²) in [5.41, 5.74) is 6.08. The van der Waals surface area contributed by atoms with E-state index in [9.17, 15) is 0 Å². The Bertz CT molecular complexity index is 552. The predicted molar refractivity (Wildman–Crippen MR) is 76.7 cm³/mol. The van der Waals surface area contributed by atoms with E-state index >= 15 is 0 Å². The Hall–Kier alpha value is -1.60. The zero-order chi connectivity index (χ0) is 13.0. The Morgan fingerprint density at radius 2 is 2.33 bits per heavy atom. The van der Waals surface area contributed by atoms with E-state index < -0.39 is 0 Å². The summed E-state index contributed by atoms with van der Waals surface area (Å²) in [6.07, 6.45) is 4.53. The van der Waals surface area contributed by atoms with E-state index in [4.69, 9.17) is 18.0 Å². The van der Waals surface area contributed by atoms with E-state index in [2.05, 4.69) is 27.2 Å². The third-order valence-electron chi connectivity index (χ3n) is 2.26. The second-order valence-electron chi connectivity index (χ2n) is 3.56. The van der Waals surface area contributed by atoms with Crippen molar-refractivity contribution < 1.29 is 0 Å². The molecule has 0 aliphatic heterocycles. The molecule has 94 valence electrons. The van der Waals surface area contributed by atoms with Gasteiger partial charge in [-0.2, -0.15) is 0 Å². The van der Waals surface area contributed by atoms with Crippen LogP contribution in [-0.4, -0.2) is 19.9 Å². The molecule has 0 spiro atoms. The third kappa shape index (κ3) is 3.21. The first-order chi connectivity index (χ1) is 8.69. The van der Waals surface area contributed by atoms with Crippen molar-refractivity contribution in [3.05, 3.63) is 34.0 Å². The lowest BCUT2D eigenvalue weighted by atomic mass is 10.4. The molecule has 0 bridgehead atoms. The van der Waals surface area contributed by atoms with Gasteiger partial charge in [-0.15, -0.1) is 11.3 Å². The summed E-state index contributed by atoms with van der Waals surface area (Å²) in [6, 6.07) is 1.69. The molecule has 0 aliphatic rings. The Morgan fingerprint density at radius 3 is 3.00 bits per heavy atom. The van der Waals surface area contributed by atoms with Crippen LogP contribution in [0.1, 0.15) is 22.5 Å². The SMILES string of the molecule is CCc1cnc(CNc2nccc(C(N)=S)n2)s1. The van der Waals surface area contributed by atoms with Gasteiger partial charge in [0.2, 0.25) is 5.95 Å². The van der Waals surface area contributed by atoms with Gasteiger partial charge in [0.05, 0.1) is 6.54 Å². The fourth-order valence-electron chi connectivity index (χ4n) is 1.33. The summed E-state index contributed by atoms with van der Waals surface area (Å²) in [5, 5.41) is 4.11. The highest BCUT2D eigenvalue weighted by Gasteiger charge is 2.03. The number of rotatable bonds is 5. The number of hydrogen-bond donors (Lipinski definition) is 2. The molecule has 18 heavy (non-hydrogen) atoms. The van der Waals surface area contributed by atoms with Crippen molar-refractivity contribution in [2.45, 2.75) is 19.9 Å². The quantitative estimate of drug-likeness (QED) is 0.812. The largest absolute Gasteiger partial charge is 0.388 e. The molecule has 0 radical (unpaired) electrons. The first-order valence-electron chi connectivity index (χ1n) is 5.49. The maximum atomic E-state index is 5.51. The molecule has 2 rings (SSSR count). The van der Waals surface area contributed by atoms with Crippen LogP contribution in [0.25, 0.3) is 0 Å². The van der Waals surface area contributed by atoms with Crippen LogP contribution in [0, 0.1) is 0 Å². The summed E-state index contributed by atoms with van der Waals surface area (Å²) >= 11 is 6.55. The van der Waals surface area contributed by atoms with Crippen molar-refractivity contribution in [2.24, 2.45) is 5.73 Å². The zero-order valence-corrected chi connectivity index (χ0v) is 11.5. The summed E-state index contributed by atoms with van der Waals surface area (Å²) in [7, 11) is 0. The van der Waals surface area contributed by atoms with Crippen molar-refractivity contribution in [1.29, 1.82) is 0 Å². The molecule has 0 unspecified atom stereocenters. The van der Waals surface area contributed by atoms with E-state index in [1.54, 1.807) is 23.6 Å². The average Bonchev–Trinajstić information content (AvgIpc) is 2.84. The van der Waals surface area contributed by atoms with Crippen molar-refractivity contribution in [1.82, 2.24) is 15.0 Å². The summed E-state index contributed by atoms with van der Waals surface area (Å²) < 4.78 is 0. The number of nitrogens with two attached hydrogens (primary N) is 1. The van der Waals surface area contributed by atoms with E-state index in [0.29, 0.717) is 18.2 Å². The van der Waals surface area contributed by atoms with Gasteiger partial charge in [0.15, 0.2) is 0 Å². The summed E-state index contributed by atoms with van der Waals surface area (Å²) in [6.45, 7) is 2.71. The minimum absolute atomic E-state index is 0.267. The number of hydrogen-bond acceptors (Lipinski definition) is 6. The van der Waals surface area contributed by atoms with Crippen molar-refractivity contribution in [3.8, 4) is 0 Å². The van der Waals surface area contributed by atoms with Gasteiger partial charge in [-0.05, 0) is 12.5 Å². The maximum Gasteiger partial charge on any atom is 0.223 e. The minimum atomic E-state index is 0.267. The number of anilines is 1. The van der Waals surface area contributed by atoms with Crippen LogP contribution >= 0.6 is 23.6 Å². The van der Waals surface area contributed by atoms with E-state index in [-0.39, 0.29) is 4.99 Å². The Labute approximate surface area is 114 Å². The summed E-state index contributed by atoms with van der Waals surface area (Å²) in [4.78, 5) is 14.2. The fraction of sp³-hybridized carbons (Fsp3) is 0.273. The van der Waals surface area contributed by atoms with Gasteiger partial charge in [-0.3, -0.25) is 0 Å². The van der Waals surface area contributed by atoms with Crippen molar-refractivity contribution >= 4 is 34.5 Å². The topological polar surface area (TPSA) is 76.7 Å². The first kappa shape index (κ1) is 12.8. The van der Waals surface area contributed by atoms with Gasteiger partial charge in [-0.1, -0.05) is 19.1 Å². The van der Waals surface area contributed by atoms with Gasteiger partial charge in [-0.25, -0.2) is 15.0 Å². The van der Waals surface area contributed by atoms with E-state index in [1.165, 1.54) is 4.88 Å². The number of thiazole rings is 1. The monoisotopic (exact) mass is 279 g/mol. The molecule has 0 saturated carbocycles. The molecule has 2 heterocycles. The van der Waals surface area contributed by atoms with Gasteiger partial charge < -0.3 is 11.1 Å².